The first-order chi connectivity index (χ1) is 11.8. The fraction of sp³-hybridized carbons (Fsp3) is 0.526. The molecular weight excluding hydrogens is 320 g/mol. The SMILES string of the molecule is O=C1CC[C@@H]2CN(Cc3ccoc3)CC[C@@H]2N1CCc1cccs1. The lowest BCUT2D eigenvalue weighted by Gasteiger charge is -2.47. The molecule has 0 spiro atoms. The van der Waals surface area contributed by atoms with Gasteiger partial charge in [0, 0.05) is 49.1 Å². The van der Waals surface area contributed by atoms with Gasteiger partial charge in [0.15, 0.2) is 0 Å². The number of carbonyl (C=O) groups is 1. The van der Waals surface area contributed by atoms with Crippen LogP contribution in [0.25, 0.3) is 0 Å². The maximum Gasteiger partial charge on any atom is 0.222 e. The van der Waals surface area contributed by atoms with Crippen molar-refractivity contribution in [2.75, 3.05) is 19.6 Å². The maximum atomic E-state index is 12.4. The van der Waals surface area contributed by atoms with E-state index in [1.54, 1.807) is 17.6 Å². The Morgan fingerprint density at radius 2 is 2.25 bits per heavy atom. The van der Waals surface area contributed by atoms with Crippen LogP contribution < -0.4 is 0 Å². The van der Waals surface area contributed by atoms with Gasteiger partial charge in [-0.05, 0) is 42.7 Å². The molecule has 4 nitrogen and oxygen atoms in total. The number of thiophene rings is 1. The minimum absolute atomic E-state index is 0.357. The monoisotopic (exact) mass is 344 g/mol. The molecule has 2 aromatic heterocycles. The van der Waals surface area contributed by atoms with Gasteiger partial charge in [0.05, 0.1) is 12.5 Å². The molecule has 0 unspecified atom stereocenters. The van der Waals surface area contributed by atoms with Gasteiger partial charge in [0.1, 0.15) is 0 Å². The summed E-state index contributed by atoms with van der Waals surface area (Å²) in [7, 11) is 0. The van der Waals surface area contributed by atoms with E-state index in [9.17, 15) is 4.79 Å². The number of carbonyl (C=O) groups excluding carboxylic acids is 1. The molecule has 24 heavy (non-hydrogen) atoms. The van der Waals surface area contributed by atoms with Crippen LogP contribution in [0.15, 0.2) is 40.5 Å². The first-order valence-electron chi connectivity index (χ1n) is 8.85. The third-order valence-corrected chi connectivity index (χ3v) is 6.33. The van der Waals surface area contributed by atoms with Crippen LogP contribution in [0.2, 0.25) is 0 Å². The summed E-state index contributed by atoms with van der Waals surface area (Å²) in [4.78, 5) is 18.5. The zero-order chi connectivity index (χ0) is 16.4. The van der Waals surface area contributed by atoms with E-state index in [4.69, 9.17) is 4.42 Å². The molecule has 0 radical (unpaired) electrons. The fourth-order valence-electron chi connectivity index (χ4n) is 4.19. The van der Waals surface area contributed by atoms with Crippen molar-refractivity contribution in [2.45, 2.75) is 38.3 Å². The predicted octanol–water partition coefficient (Wildman–Crippen LogP) is 3.40. The summed E-state index contributed by atoms with van der Waals surface area (Å²) >= 11 is 1.79. The minimum Gasteiger partial charge on any atom is -0.472 e. The van der Waals surface area contributed by atoms with Gasteiger partial charge in [0.2, 0.25) is 5.91 Å². The Bertz CT molecular complexity index is 653. The van der Waals surface area contributed by atoms with Gasteiger partial charge in [0.25, 0.3) is 0 Å². The largest absolute Gasteiger partial charge is 0.472 e. The van der Waals surface area contributed by atoms with Crippen LogP contribution in [0.4, 0.5) is 0 Å². The van der Waals surface area contributed by atoms with Crippen molar-refractivity contribution < 1.29 is 9.21 Å². The van der Waals surface area contributed by atoms with Gasteiger partial charge in [-0.15, -0.1) is 11.3 Å². The molecule has 0 aromatic carbocycles. The van der Waals surface area contributed by atoms with Gasteiger partial charge in [-0.25, -0.2) is 0 Å². The number of piperidine rings is 2. The normalized spacial score (nSPS) is 25.0. The summed E-state index contributed by atoms with van der Waals surface area (Å²) < 4.78 is 5.18. The second-order valence-electron chi connectivity index (χ2n) is 6.94. The van der Waals surface area contributed by atoms with E-state index in [1.165, 1.54) is 10.4 Å². The third kappa shape index (κ3) is 3.42. The van der Waals surface area contributed by atoms with E-state index in [0.29, 0.717) is 24.3 Å². The number of hydrogen-bond donors (Lipinski definition) is 0. The van der Waals surface area contributed by atoms with Crippen LogP contribution in [-0.2, 0) is 17.8 Å². The first kappa shape index (κ1) is 15.9. The van der Waals surface area contributed by atoms with Crippen molar-refractivity contribution in [3.63, 3.8) is 0 Å². The second-order valence-corrected chi connectivity index (χ2v) is 7.97. The second kappa shape index (κ2) is 7.11. The fourth-order valence-corrected chi connectivity index (χ4v) is 4.89. The molecule has 2 fully saturated rings. The average Bonchev–Trinajstić information content (AvgIpc) is 3.28. The van der Waals surface area contributed by atoms with Crippen LogP contribution in [0, 0.1) is 5.92 Å². The van der Waals surface area contributed by atoms with Crippen molar-refractivity contribution in [2.24, 2.45) is 5.92 Å². The molecule has 128 valence electrons. The maximum absolute atomic E-state index is 12.4. The highest BCUT2D eigenvalue weighted by Crippen LogP contribution is 2.32. The molecular formula is C19H24N2O2S. The zero-order valence-corrected chi connectivity index (χ0v) is 14.7. The van der Waals surface area contributed by atoms with E-state index in [0.717, 1.165) is 45.4 Å². The highest BCUT2D eigenvalue weighted by Gasteiger charge is 2.38. The smallest absolute Gasteiger partial charge is 0.222 e. The molecule has 2 atom stereocenters. The average molecular weight is 344 g/mol. The van der Waals surface area contributed by atoms with Crippen molar-refractivity contribution in [1.82, 2.24) is 9.80 Å². The quantitative estimate of drug-likeness (QED) is 0.834. The van der Waals surface area contributed by atoms with Crippen LogP contribution in [0.5, 0.6) is 0 Å². The lowest BCUT2D eigenvalue weighted by molar-refractivity contribution is -0.141. The van der Waals surface area contributed by atoms with Gasteiger partial charge in [-0.2, -0.15) is 0 Å². The van der Waals surface area contributed by atoms with Crippen LogP contribution in [0.3, 0.4) is 0 Å². The molecule has 5 heteroatoms. The van der Waals surface area contributed by atoms with Gasteiger partial charge in [-0.1, -0.05) is 6.07 Å². The van der Waals surface area contributed by atoms with E-state index >= 15 is 0 Å². The lowest BCUT2D eigenvalue weighted by Crippen LogP contribution is -2.56. The molecule has 0 saturated carbocycles. The highest BCUT2D eigenvalue weighted by atomic mass is 32.1. The molecule has 0 bridgehead atoms. The Labute approximate surface area is 147 Å². The summed E-state index contributed by atoms with van der Waals surface area (Å²) in [5, 5.41) is 2.12. The molecule has 4 rings (SSSR count). The Balaban J connectivity index is 1.37. The summed E-state index contributed by atoms with van der Waals surface area (Å²) in [5.74, 6) is 0.975. The van der Waals surface area contributed by atoms with Gasteiger partial charge in [-0.3, -0.25) is 9.69 Å². The molecule has 0 N–H and O–H groups in total. The van der Waals surface area contributed by atoms with Gasteiger partial charge >= 0.3 is 0 Å². The summed E-state index contributed by atoms with van der Waals surface area (Å²) in [5.41, 5.74) is 1.25. The van der Waals surface area contributed by atoms with E-state index < -0.39 is 0 Å². The Hall–Kier alpha value is -1.59. The van der Waals surface area contributed by atoms with Crippen molar-refractivity contribution in [3.8, 4) is 0 Å². The Morgan fingerprint density at radius 1 is 1.29 bits per heavy atom. The Morgan fingerprint density at radius 3 is 3.04 bits per heavy atom. The molecule has 4 heterocycles. The lowest BCUT2D eigenvalue weighted by atomic mass is 9.83. The molecule has 2 saturated heterocycles. The van der Waals surface area contributed by atoms with Crippen molar-refractivity contribution in [1.29, 1.82) is 0 Å². The molecule has 0 aliphatic carbocycles. The van der Waals surface area contributed by atoms with Crippen molar-refractivity contribution in [3.05, 3.63) is 46.5 Å². The van der Waals surface area contributed by atoms with E-state index in [2.05, 4.69) is 27.3 Å². The van der Waals surface area contributed by atoms with Crippen molar-refractivity contribution >= 4 is 17.2 Å². The number of fused-ring (bicyclic) bond motifs is 1. The zero-order valence-electron chi connectivity index (χ0n) is 13.9. The number of nitrogens with zero attached hydrogens (tertiary/aromatic N) is 2. The summed E-state index contributed by atoms with van der Waals surface area (Å²) in [6.45, 7) is 4.00. The predicted molar refractivity (Wildman–Crippen MR) is 94.9 cm³/mol. The Kier molecular flexibility index (Phi) is 4.72. The van der Waals surface area contributed by atoms with Gasteiger partial charge < -0.3 is 9.32 Å². The molecule has 1 amide bonds. The topological polar surface area (TPSA) is 36.7 Å². The number of amides is 1. The third-order valence-electron chi connectivity index (χ3n) is 5.39. The van der Waals surface area contributed by atoms with Crippen LogP contribution in [-0.4, -0.2) is 41.4 Å². The number of likely N-dealkylation sites (tertiary alicyclic amines) is 2. The highest BCUT2D eigenvalue weighted by molar-refractivity contribution is 7.09. The van der Waals surface area contributed by atoms with Crippen LogP contribution in [0.1, 0.15) is 29.7 Å². The first-order valence-corrected chi connectivity index (χ1v) is 9.73. The number of furan rings is 1. The van der Waals surface area contributed by atoms with Crippen LogP contribution >= 0.6 is 11.3 Å². The molecule has 2 aliphatic rings. The molecule has 2 aliphatic heterocycles. The minimum atomic E-state index is 0.357. The number of hydrogen-bond acceptors (Lipinski definition) is 4. The number of rotatable bonds is 5. The molecule has 2 aromatic rings. The van der Waals surface area contributed by atoms with E-state index in [1.807, 2.05) is 12.3 Å². The standard InChI is InChI=1S/C19H24N2O2S/c22-19-4-3-16-13-20(12-15-7-10-23-14-15)8-6-18(16)21(19)9-5-17-2-1-11-24-17/h1-2,7,10-11,14,16,18H,3-6,8-9,12-13H2/t16-,18+/m1/s1. The summed E-state index contributed by atoms with van der Waals surface area (Å²) in [6.07, 6.45) is 7.42. The summed E-state index contributed by atoms with van der Waals surface area (Å²) in [6, 6.07) is 6.75. The van der Waals surface area contributed by atoms with E-state index in [-0.39, 0.29) is 0 Å².